The van der Waals surface area contributed by atoms with E-state index in [9.17, 15) is 18.0 Å². The van der Waals surface area contributed by atoms with Crippen LogP contribution in [0.4, 0.5) is 24.9 Å². The second-order valence-electron chi connectivity index (χ2n) is 10.6. The number of carboxylic acids is 1. The average Bonchev–Trinajstić information content (AvgIpc) is 3.51. The number of hydrogen-bond donors (Lipinski definition) is 3. The molecule has 2 aromatic rings. The molecule has 3 aliphatic rings. The van der Waals surface area contributed by atoms with E-state index >= 15 is 0 Å². The Hall–Kier alpha value is -3.37. The summed E-state index contributed by atoms with van der Waals surface area (Å²) in [7, 11) is 4.04. The predicted octanol–water partition coefficient (Wildman–Crippen LogP) is 4.63. The Morgan fingerprint density at radius 2 is 1.74 bits per heavy atom. The fourth-order valence-corrected chi connectivity index (χ4v) is 5.62. The highest BCUT2D eigenvalue weighted by Crippen LogP contribution is 2.43. The lowest BCUT2D eigenvalue weighted by Gasteiger charge is -2.30. The van der Waals surface area contributed by atoms with E-state index in [1.165, 1.54) is 6.42 Å². The Morgan fingerprint density at radius 1 is 1.05 bits per heavy atom. The van der Waals surface area contributed by atoms with Crippen LogP contribution in [0.25, 0.3) is 10.9 Å². The van der Waals surface area contributed by atoms with Gasteiger partial charge in [0, 0.05) is 38.0 Å². The van der Waals surface area contributed by atoms with Crippen molar-refractivity contribution >= 4 is 34.5 Å². The van der Waals surface area contributed by atoms with Crippen LogP contribution in [-0.2, 0) is 9.59 Å². The summed E-state index contributed by atoms with van der Waals surface area (Å²) < 4.78 is 31.7. The van der Waals surface area contributed by atoms with Crippen LogP contribution in [0.3, 0.4) is 0 Å². The van der Waals surface area contributed by atoms with Gasteiger partial charge in [0.25, 0.3) is 0 Å². The molecule has 3 unspecified atom stereocenters. The lowest BCUT2D eigenvalue weighted by atomic mass is 9.85. The predicted molar refractivity (Wildman–Crippen MR) is 139 cm³/mol. The van der Waals surface area contributed by atoms with Gasteiger partial charge in [-0.1, -0.05) is 24.3 Å². The minimum Gasteiger partial charge on any atom is -0.475 e. The first kappa shape index (κ1) is 27.7. The number of amides is 1. The molecule has 3 aliphatic carbocycles. The molecule has 11 heteroatoms. The summed E-state index contributed by atoms with van der Waals surface area (Å²) in [5.41, 5.74) is 0.968. The second-order valence-corrected chi connectivity index (χ2v) is 10.6. The molecule has 1 aromatic heterocycles. The fraction of sp³-hybridized carbons (Fsp3) is 0.556. The monoisotopic (exact) mass is 533 g/mol. The Kier molecular flexibility index (Phi) is 8.42. The maximum Gasteiger partial charge on any atom is 0.490 e. The summed E-state index contributed by atoms with van der Waals surface area (Å²) in [5.74, 6) is 1.09. The summed E-state index contributed by atoms with van der Waals surface area (Å²) in [5, 5.41) is 15.0. The Morgan fingerprint density at radius 3 is 2.32 bits per heavy atom. The number of fused-ring (bicyclic) bond motifs is 3. The van der Waals surface area contributed by atoms with Crippen molar-refractivity contribution in [2.24, 2.45) is 23.7 Å². The van der Waals surface area contributed by atoms with Crippen molar-refractivity contribution in [1.29, 1.82) is 0 Å². The zero-order chi connectivity index (χ0) is 27.4. The van der Waals surface area contributed by atoms with Gasteiger partial charge in [0.2, 0.25) is 11.9 Å². The largest absolute Gasteiger partial charge is 0.490 e. The summed E-state index contributed by atoms with van der Waals surface area (Å²) in [6.45, 7) is 0.820. The molecule has 0 aliphatic heterocycles. The number of para-hydroxylation sites is 1. The minimum atomic E-state index is -5.08. The fourth-order valence-electron chi connectivity index (χ4n) is 5.62. The number of allylic oxidation sites excluding steroid dienone is 2. The lowest BCUT2D eigenvalue weighted by Crippen LogP contribution is -2.38. The van der Waals surface area contributed by atoms with Crippen LogP contribution in [0, 0.1) is 23.7 Å². The molecule has 1 amide bonds. The van der Waals surface area contributed by atoms with Crippen molar-refractivity contribution in [3.63, 3.8) is 0 Å². The highest BCUT2D eigenvalue weighted by molar-refractivity contribution is 5.90. The van der Waals surface area contributed by atoms with E-state index in [0.29, 0.717) is 29.7 Å². The van der Waals surface area contributed by atoms with Gasteiger partial charge in [-0.15, -0.1) is 0 Å². The van der Waals surface area contributed by atoms with E-state index in [0.717, 1.165) is 55.4 Å². The van der Waals surface area contributed by atoms with Crippen LogP contribution in [0.2, 0.25) is 0 Å². The van der Waals surface area contributed by atoms with E-state index in [-0.39, 0.29) is 11.8 Å². The van der Waals surface area contributed by atoms with Gasteiger partial charge in [-0.3, -0.25) is 4.79 Å². The molecule has 2 fully saturated rings. The van der Waals surface area contributed by atoms with Crippen LogP contribution in [-0.4, -0.2) is 59.8 Å². The minimum absolute atomic E-state index is 0.212. The second kappa shape index (κ2) is 11.6. The first-order chi connectivity index (χ1) is 18.0. The first-order valence-electron chi connectivity index (χ1n) is 13.0. The first-order valence-corrected chi connectivity index (χ1v) is 13.0. The molecule has 1 heterocycles. The Balaban J connectivity index is 0.000000426. The van der Waals surface area contributed by atoms with Crippen molar-refractivity contribution < 1.29 is 27.9 Å². The third-order valence-electron chi connectivity index (χ3n) is 7.61. The van der Waals surface area contributed by atoms with Crippen molar-refractivity contribution in [2.75, 3.05) is 30.9 Å². The molecule has 5 rings (SSSR count). The third kappa shape index (κ3) is 6.73. The SMILES string of the molecule is CN(C)c1nc(NC2CCC(CNC(=O)C3CC4C=CC3C4)CC2)nc2ccccc12.O=C(O)C(F)(F)F. The van der Waals surface area contributed by atoms with Crippen LogP contribution < -0.4 is 15.5 Å². The van der Waals surface area contributed by atoms with E-state index < -0.39 is 12.1 Å². The van der Waals surface area contributed by atoms with Gasteiger partial charge in [-0.05, 0) is 68.4 Å². The summed E-state index contributed by atoms with van der Waals surface area (Å²) in [6.07, 6.45) is 6.13. The Bertz CT molecular complexity index is 1180. The van der Waals surface area contributed by atoms with Crippen molar-refractivity contribution in [1.82, 2.24) is 15.3 Å². The molecule has 3 N–H and O–H groups in total. The number of carbonyl (C=O) groups excluding carboxylic acids is 1. The van der Waals surface area contributed by atoms with Gasteiger partial charge in [0.1, 0.15) is 5.82 Å². The number of carbonyl (C=O) groups is 2. The molecule has 0 spiro atoms. The maximum absolute atomic E-state index is 12.6. The molecule has 2 bridgehead atoms. The number of carboxylic acid groups (broad SMARTS) is 1. The Labute approximate surface area is 219 Å². The number of anilines is 2. The van der Waals surface area contributed by atoms with E-state index in [1.54, 1.807) is 0 Å². The van der Waals surface area contributed by atoms with Crippen molar-refractivity contribution in [3.8, 4) is 0 Å². The molecule has 1 aromatic carbocycles. The van der Waals surface area contributed by atoms with E-state index in [4.69, 9.17) is 19.9 Å². The smallest absolute Gasteiger partial charge is 0.475 e. The number of rotatable bonds is 6. The number of benzene rings is 1. The summed E-state index contributed by atoms with van der Waals surface area (Å²) in [4.78, 5) is 33.1. The molecule has 0 radical (unpaired) electrons. The molecule has 3 atom stereocenters. The van der Waals surface area contributed by atoms with Crippen LogP contribution in [0.1, 0.15) is 38.5 Å². The normalized spacial score (nSPS) is 26.0. The summed E-state index contributed by atoms with van der Waals surface area (Å²) >= 11 is 0. The van der Waals surface area contributed by atoms with E-state index in [1.807, 2.05) is 37.2 Å². The standard InChI is InChI=1S/C25H33N5O.C2HF3O2/c1-30(2)23-20-5-3-4-6-22(20)28-25(29-23)27-19-11-8-16(9-12-19)15-26-24(31)21-14-17-7-10-18(21)13-17;3-2(4,5)1(6)7/h3-7,10,16-19,21H,8-9,11-15H2,1-2H3,(H,26,31)(H,27,28,29);(H,6,7). The zero-order valence-electron chi connectivity index (χ0n) is 21.5. The van der Waals surface area contributed by atoms with Crippen molar-refractivity contribution in [3.05, 3.63) is 36.4 Å². The highest BCUT2D eigenvalue weighted by atomic mass is 19.4. The van der Waals surface area contributed by atoms with Gasteiger partial charge in [0.15, 0.2) is 0 Å². The van der Waals surface area contributed by atoms with Gasteiger partial charge in [-0.25, -0.2) is 9.78 Å². The van der Waals surface area contributed by atoms with Crippen LogP contribution >= 0.6 is 0 Å². The van der Waals surface area contributed by atoms with Gasteiger partial charge in [0.05, 0.1) is 5.52 Å². The van der Waals surface area contributed by atoms with Gasteiger partial charge < -0.3 is 20.6 Å². The number of aromatic nitrogens is 2. The number of nitrogens with one attached hydrogen (secondary N) is 2. The lowest BCUT2D eigenvalue weighted by molar-refractivity contribution is -0.192. The number of alkyl halides is 3. The molecule has 38 heavy (non-hydrogen) atoms. The van der Waals surface area contributed by atoms with Gasteiger partial charge >= 0.3 is 12.1 Å². The van der Waals surface area contributed by atoms with E-state index in [2.05, 4.69) is 28.9 Å². The topological polar surface area (TPSA) is 107 Å². The quantitative estimate of drug-likeness (QED) is 0.465. The average molecular weight is 534 g/mol. The molecule has 2 saturated carbocycles. The molecule has 8 nitrogen and oxygen atoms in total. The zero-order valence-corrected chi connectivity index (χ0v) is 21.5. The maximum atomic E-state index is 12.6. The third-order valence-corrected chi connectivity index (χ3v) is 7.61. The molecular weight excluding hydrogens is 499 g/mol. The van der Waals surface area contributed by atoms with Crippen LogP contribution in [0.5, 0.6) is 0 Å². The molecular formula is C27H34F3N5O3. The van der Waals surface area contributed by atoms with Gasteiger partial charge in [-0.2, -0.15) is 18.2 Å². The molecule has 206 valence electrons. The summed E-state index contributed by atoms with van der Waals surface area (Å²) in [6, 6.07) is 8.55. The highest BCUT2D eigenvalue weighted by Gasteiger charge is 2.40. The van der Waals surface area contributed by atoms with Crippen molar-refractivity contribution in [2.45, 2.75) is 50.7 Å². The number of nitrogens with zero attached hydrogens (tertiary/aromatic N) is 3. The van der Waals surface area contributed by atoms with Crippen LogP contribution in [0.15, 0.2) is 36.4 Å². The molecule has 0 saturated heterocycles. The number of aliphatic carboxylic acids is 1. The number of halogens is 3. The number of hydrogen-bond acceptors (Lipinski definition) is 6.